The monoisotopic (exact) mass is 1110 g/mol. The second-order valence-electron chi connectivity index (χ2n) is 19.7. The second kappa shape index (κ2) is 59.0. The van der Waals surface area contributed by atoms with Crippen LogP contribution in [0.3, 0.4) is 0 Å². The molecule has 11 nitrogen and oxygen atoms in total. The van der Waals surface area contributed by atoms with Crippen molar-refractivity contribution >= 4 is 25.7 Å². The van der Waals surface area contributed by atoms with Crippen LogP contribution in [-0.2, 0) is 42.2 Å². The smallest absolute Gasteiger partial charge is 0.462 e. The topological polar surface area (TPSA) is 155 Å². The van der Waals surface area contributed by atoms with Gasteiger partial charge in [0.2, 0.25) is 0 Å². The van der Waals surface area contributed by atoms with E-state index in [0.29, 0.717) is 19.3 Å². The third-order valence-electron chi connectivity index (χ3n) is 12.3. The third-order valence-corrected chi connectivity index (χ3v) is 13.3. The van der Waals surface area contributed by atoms with Gasteiger partial charge in [0.15, 0.2) is 6.10 Å². The van der Waals surface area contributed by atoms with Crippen molar-refractivity contribution in [2.24, 2.45) is 0 Å². The molecular weight excluding hydrogens is 1000 g/mol. The summed E-state index contributed by atoms with van der Waals surface area (Å²) in [5, 5.41) is 9.84. The number of carbonyl (C=O) groups excluding carboxylic acids is 3. The van der Waals surface area contributed by atoms with Crippen LogP contribution in [-0.4, -0.2) is 66.5 Å². The van der Waals surface area contributed by atoms with Gasteiger partial charge in [0.05, 0.1) is 19.8 Å². The van der Waals surface area contributed by atoms with Crippen LogP contribution in [0, 0.1) is 0 Å². The Bertz CT molecular complexity index is 1770. The van der Waals surface area contributed by atoms with Crippen molar-refractivity contribution in [2.45, 2.75) is 251 Å². The number of phosphoric ester groups is 1. The Morgan fingerprint density at radius 2 is 0.667 bits per heavy atom. The van der Waals surface area contributed by atoms with Gasteiger partial charge in [-0.25, -0.2) is 4.57 Å². The summed E-state index contributed by atoms with van der Waals surface area (Å²) in [4.78, 5) is 48.6. The largest absolute Gasteiger partial charge is 0.472 e. The van der Waals surface area contributed by atoms with Gasteiger partial charge in [0.1, 0.15) is 12.7 Å². The molecule has 0 aromatic heterocycles. The van der Waals surface area contributed by atoms with Crippen LogP contribution in [0.4, 0.5) is 0 Å². The molecule has 12 heteroatoms. The van der Waals surface area contributed by atoms with Crippen LogP contribution in [0.25, 0.3) is 0 Å². The van der Waals surface area contributed by atoms with Crippen molar-refractivity contribution in [3.05, 3.63) is 122 Å². The highest BCUT2D eigenvalue weighted by atomic mass is 31.2. The van der Waals surface area contributed by atoms with E-state index in [1.807, 2.05) is 0 Å². The highest BCUT2D eigenvalue weighted by molar-refractivity contribution is 7.47. The fraction of sp³-hybridized carbons (Fsp3) is 0.652. The SMILES string of the molecule is CC/C=C\C/C=C\C/C=C\C/C=C\C/C=C\CCCCCC(=O)OC(COC(=O)CCCCCCC/C=C\CCCCCC)COP(=O)(O)OCC(CO)OC(=O)CCCCCCCC/C=C\C/C=C\C/C=C\C/C=C\CC. The Morgan fingerprint density at radius 1 is 0.372 bits per heavy atom. The van der Waals surface area contributed by atoms with Crippen LogP contribution >= 0.6 is 7.82 Å². The maximum atomic E-state index is 12.9. The van der Waals surface area contributed by atoms with E-state index in [4.69, 9.17) is 23.3 Å². The van der Waals surface area contributed by atoms with Crippen LogP contribution in [0.2, 0.25) is 0 Å². The van der Waals surface area contributed by atoms with Gasteiger partial charge >= 0.3 is 25.7 Å². The first-order valence-corrected chi connectivity index (χ1v) is 31.9. The van der Waals surface area contributed by atoms with E-state index < -0.39 is 57.8 Å². The molecule has 2 N–H and O–H groups in total. The van der Waals surface area contributed by atoms with E-state index in [9.17, 15) is 28.9 Å². The molecule has 0 saturated heterocycles. The number of aliphatic hydroxyl groups excluding tert-OH is 1. The minimum Gasteiger partial charge on any atom is -0.462 e. The molecular formula is C66H109O11P. The quantitative estimate of drug-likeness (QED) is 0.0197. The Labute approximate surface area is 475 Å². The van der Waals surface area contributed by atoms with Gasteiger partial charge in [0.25, 0.3) is 0 Å². The van der Waals surface area contributed by atoms with Crippen LogP contribution in [0.15, 0.2) is 122 Å². The Kier molecular flexibility index (Phi) is 55.9. The number of hydrogen-bond acceptors (Lipinski definition) is 10. The average Bonchev–Trinajstić information content (AvgIpc) is 3.43. The maximum absolute atomic E-state index is 12.9. The standard InChI is InChI=1S/C66H109O11P/c1-4-7-10-13-16-19-22-25-27-29-31-33-35-38-41-44-47-50-53-56-65(69)76-62(58-67)60-74-78(71,72)75-61-63(59-73-64(68)55-52-49-46-43-40-37-24-21-18-15-12-9-6-3)77-66(70)57-54-51-48-45-42-39-36-34-32-30-28-26-23-20-17-14-11-8-5-2/h7-8,10-11,16-17,19-21,24-28,31-34,39,42,62-63,67H,4-6,9,12-15,18,22-23,29-30,35-38,40-41,43-61H2,1-3H3,(H,71,72)/b10-7-,11-8-,19-16-,20-17-,24-21-,27-25-,28-26-,33-31-,34-32-,42-39-. The van der Waals surface area contributed by atoms with E-state index in [1.165, 1.54) is 25.7 Å². The van der Waals surface area contributed by atoms with E-state index in [2.05, 4.69) is 142 Å². The Morgan fingerprint density at radius 3 is 1.05 bits per heavy atom. The molecule has 0 aliphatic rings. The second-order valence-corrected chi connectivity index (χ2v) is 21.2. The normalized spacial score (nSPS) is 14.2. The number of allylic oxidation sites excluding steroid dienone is 20. The lowest BCUT2D eigenvalue weighted by Crippen LogP contribution is -2.30. The number of rotatable bonds is 55. The van der Waals surface area contributed by atoms with Crippen LogP contribution in [0.1, 0.15) is 239 Å². The first-order valence-electron chi connectivity index (χ1n) is 30.4. The van der Waals surface area contributed by atoms with Crippen molar-refractivity contribution < 1.29 is 52.2 Å². The number of unbranched alkanes of at least 4 members (excludes halogenated alkanes) is 18. The van der Waals surface area contributed by atoms with E-state index in [-0.39, 0.29) is 25.9 Å². The third kappa shape index (κ3) is 56.6. The molecule has 0 heterocycles. The van der Waals surface area contributed by atoms with Crippen molar-refractivity contribution in [2.75, 3.05) is 26.4 Å². The summed E-state index contributed by atoms with van der Waals surface area (Å²) < 4.78 is 39.6. The lowest BCUT2D eigenvalue weighted by molar-refractivity contribution is -0.161. The fourth-order valence-corrected chi connectivity index (χ4v) is 8.56. The molecule has 0 rings (SSSR count). The Balaban J connectivity index is 4.77. The van der Waals surface area contributed by atoms with E-state index >= 15 is 0 Å². The minimum absolute atomic E-state index is 0.120. The Hall–Kier alpha value is -4.12. The number of carbonyl (C=O) groups is 3. The lowest BCUT2D eigenvalue weighted by Gasteiger charge is -2.21. The average molecular weight is 1110 g/mol. The zero-order valence-corrected chi connectivity index (χ0v) is 50.0. The zero-order valence-electron chi connectivity index (χ0n) is 49.1. The molecule has 78 heavy (non-hydrogen) atoms. The van der Waals surface area contributed by atoms with Crippen LogP contribution in [0.5, 0.6) is 0 Å². The van der Waals surface area contributed by atoms with Crippen molar-refractivity contribution in [3.63, 3.8) is 0 Å². The number of esters is 3. The van der Waals surface area contributed by atoms with Gasteiger partial charge < -0.3 is 24.2 Å². The molecule has 0 amide bonds. The molecule has 0 aromatic rings. The van der Waals surface area contributed by atoms with Crippen molar-refractivity contribution in [1.82, 2.24) is 0 Å². The summed E-state index contributed by atoms with van der Waals surface area (Å²) in [7, 11) is -4.77. The number of phosphoric acid groups is 1. The maximum Gasteiger partial charge on any atom is 0.472 e. The number of aliphatic hydroxyl groups is 1. The first kappa shape index (κ1) is 73.9. The zero-order chi connectivity index (χ0) is 56.9. The number of hydrogen-bond donors (Lipinski definition) is 2. The molecule has 444 valence electrons. The van der Waals surface area contributed by atoms with E-state index in [1.54, 1.807) is 0 Å². The summed E-state index contributed by atoms with van der Waals surface area (Å²) in [6.45, 7) is 4.34. The molecule has 0 bridgehead atoms. The van der Waals surface area contributed by atoms with Gasteiger partial charge in [0, 0.05) is 19.3 Å². The van der Waals surface area contributed by atoms with E-state index in [0.717, 1.165) is 154 Å². The van der Waals surface area contributed by atoms with Gasteiger partial charge in [-0.1, -0.05) is 213 Å². The van der Waals surface area contributed by atoms with Crippen molar-refractivity contribution in [3.8, 4) is 0 Å². The molecule has 3 atom stereocenters. The fourth-order valence-electron chi connectivity index (χ4n) is 7.78. The molecule has 3 unspecified atom stereocenters. The molecule has 0 aliphatic heterocycles. The van der Waals surface area contributed by atoms with Crippen molar-refractivity contribution in [1.29, 1.82) is 0 Å². The lowest BCUT2D eigenvalue weighted by atomic mass is 10.1. The van der Waals surface area contributed by atoms with Gasteiger partial charge in [-0.2, -0.15) is 0 Å². The summed E-state index contributed by atoms with van der Waals surface area (Å²) in [6, 6.07) is 0. The summed E-state index contributed by atoms with van der Waals surface area (Å²) in [5.74, 6) is -1.54. The summed E-state index contributed by atoms with van der Waals surface area (Å²) in [6.07, 6.45) is 72.9. The van der Waals surface area contributed by atoms with Gasteiger partial charge in [-0.3, -0.25) is 23.4 Å². The molecule has 0 saturated carbocycles. The highest BCUT2D eigenvalue weighted by Crippen LogP contribution is 2.43. The first-order chi connectivity index (χ1) is 38.2. The van der Waals surface area contributed by atoms with Gasteiger partial charge in [-0.05, 0) is 128 Å². The minimum atomic E-state index is -4.77. The predicted octanol–water partition coefficient (Wildman–Crippen LogP) is 18.4. The summed E-state index contributed by atoms with van der Waals surface area (Å²) in [5.41, 5.74) is 0. The van der Waals surface area contributed by atoms with Gasteiger partial charge in [-0.15, -0.1) is 0 Å². The molecule has 0 aromatic carbocycles. The molecule has 0 fully saturated rings. The molecule has 0 spiro atoms. The number of ether oxygens (including phenoxy) is 3. The molecule has 0 radical (unpaired) electrons. The highest BCUT2D eigenvalue weighted by Gasteiger charge is 2.28. The summed E-state index contributed by atoms with van der Waals surface area (Å²) >= 11 is 0. The van der Waals surface area contributed by atoms with Crippen LogP contribution < -0.4 is 0 Å². The predicted molar refractivity (Wildman–Crippen MR) is 325 cm³/mol. The molecule has 0 aliphatic carbocycles.